The number of benzene rings is 2. The Kier molecular flexibility index (Phi) is 5.53. The third kappa shape index (κ3) is 4.68. The summed E-state index contributed by atoms with van der Waals surface area (Å²) in [4.78, 5) is 0. The zero-order valence-corrected chi connectivity index (χ0v) is 20.0. The number of ether oxygens (including phenoxy) is 1. The van der Waals surface area contributed by atoms with Gasteiger partial charge in [-0.2, -0.15) is 0 Å². The number of fused-ring (bicyclic) bond motifs is 1. The number of likely N-dealkylation sites (tertiary alicyclic amines) is 1. The lowest BCUT2D eigenvalue weighted by Crippen LogP contribution is -2.56. The number of rotatable bonds is 5. The molecule has 2 aromatic carbocycles. The van der Waals surface area contributed by atoms with E-state index in [4.69, 9.17) is 14.9 Å². The highest BCUT2D eigenvalue weighted by atomic mass is 16.5. The van der Waals surface area contributed by atoms with Gasteiger partial charge in [-0.1, -0.05) is 48.5 Å². The van der Waals surface area contributed by atoms with Crippen molar-refractivity contribution in [2.45, 2.75) is 56.1 Å². The van der Waals surface area contributed by atoms with Gasteiger partial charge < -0.3 is 19.4 Å². The van der Waals surface area contributed by atoms with Crippen molar-refractivity contribution < 1.29 is 13.6 Å². The van der Waals surface area contributed by atoms with Crippen LogP contribution in [0.4, 0.5) is 0 Å². The van der Waals surface area contributed by atoms with Crippen molar-refractivity contribution in [1.29, 1.82) is 0 Å². The minimum absolute atomic E-state index is 0.106. The molecule has 6 nitrogen and oxygen atoms in total. The molecule has 0 saturated carbocycles. The maximum absolute atomic E-state index is 6.65. The van der Waals surface area contributed by atoms with Crippen LogP contribution in [0.5, 0.6) is 5.75 Å². The second-order valence-corrected chi connectivity index (χ2v) is 10.9. The summed E-state index contributed by atoms with van der Waals surface area (Å²) >= 11 is 0. The number of nitrogens with zero attached hydrogens (tertiary/aromatic N) is 3. The molecule has 1 saturated heterocycles. The molecule has 2 aliphatic rings. The molecule has 2 N–H and O–H groups in total. The van der Waals surface area contributed by atoms with E-state index in [0.29, 0.717) is 24.6 Å². The molecule has 174 valence electrons. The highest BCUT2D eigenvalue weighted by Gasteiger charge is 2.46. The van der Waals surface area contributed by atoms with Crippen LogP contribution in [0.25, 0.3) is 0 Å². The monoisotopic (exact) mass is 447 g/mol. The predicted molar refractivity (Wildman–Crippen MR) is 128 cm³/mol. The third-order valence-corrected chi connectivity index (χ3v) is 7.44. The molecule has 3 aromatic rings. The summed E-state index contributed by atoms with van der Waals surface area (Å²) in [6, 6.07) is 18.6. The Morgan fingerprint density at radius 2 is 1.73 bits per heavy atom. The van der Waals surface area contributed by atoms with E-state index in [-0.39, 0.29) is 11.5 Å². The van der Waals surface area contributed by atoms with Gasteiger partial charge >= 0.3 is 0 Å². The Labute approximate surface area is 196 Å². The van der Waals surface area contributed by atoms with Gasteiger partial charge in [-0.05, 0) is 37.0 Å². The number of aromatic nitrogens is 2. The Hall–Kier alpha value is -2.70. The summed E-state index contributed by atoms with van der Waals surface area (Å²) in [5.41, 5.74) is 8.18. The largest absolute Gasteiger partial charge is 0.486 e. The minimum Gasteiger partial charge on any atom is -0.486 e. The van der Waals surface area contributed by atoms with E-state index >= 15 is 0 Å². The van der Waals surface area contributed by atoms with Crippen molar-refractivity contribution in [2.24, 2.45) is 5.73 Å². The van der Waals surface area contributed by atoms with E-state index in [1.807, 2.05) is 25.1 Å². The first-order valence-electron chi connectivity index (χ1n) is 12.0. The number of nitrogens with two attached hydrogens (primary N) is 1. The van der Waals surface area contributed by atoms with Gasteiger partial charge in [0.25, 0.3) is 0 Å². The minimum atomic E-state index is -0.714. The molecule has 0 aliphatic carbocycles. The third-order valence-electron chi connectivity index (χ3n) is 7.44. The number of hydrogen-bond acceptors (Lipinski definition) is 5. The lowest BCUT2D eigenvalue weighted by molar-refractivity contribution is -0.897. The van der Waals surface area contributed by atoms with Crippen LogP contribution in [0.15, 0.2) is 59.0 Å². The van der Waals surface area contributed by atoms with E-state index in [0.717, 1.165) is 48.1 Å². The molecule has 0 radical (unpaired) electrons. The zero-order valence-electron chi connectivity index (χ0n) is 20.0. The lowest BCUT2D eigenvalue weighted by atomic mass is 9.76. The fourth-order valence-corrected chi connectivity index (χ4v) is 5.36. The van der Waals surface area contributed by atoms with E-state index in [1.165, 1.54) is 5.56 Å². The first-order chi connectivity index (χ1) is 15.7. The molecule has 1 spiro atoms. The first-order valence-corrected chi connectivity index (χ1v) is 12.0. The van der Waals surface area contributed by atoms with Crippen molar-refractivity contribution in [3.63, 3.8) is 0 Å². The molecule has 2 atom stereocenters. The first kappa shape index (κ1) is 22.1. The summed E-state index contributed by atoms with van der Waals surface area (Å²) < 4.78 is 13.9. The van der Waals surface area contributed by atoms with Crippen molar-refractivity contribution in [3.8, 4) is 5.75 Å². The highest BCUT2D eigenvalue weighted by molar-refractivity contribution is 5.40. The molecule has 2 aliphatic heterocycles. The number of piperidine rings is 1. The molecule has 33 heavy (non-hydrogen) atoms. The van der Waals surface area contributed by atoms with Gasteiger partial charge in [0.15, 0.2) is 0 Å². The van der Waals surface area contributed by atoms with E-state index in [1.54, 1.807) is 0 Å². The Balaban J connectivity index is 1.36. The number of quaternary nitrogens is 1. The summed E-state index contributed by atoms with van der Waals surface area (Å²) in [5, 5.41) is 8.76. The van der Waals surface area contributed by atoms with Crippen LogP contribution in [0.3, 0.4) is 0 Å². The van der Waals surface area contributed by atoms with E-state index < -0.39 is 5.54 Å². The van der Waals surface area contributed by atoms with Crippen LogP contribution in [-0.4, -0.2) is 47.5 Å². The number of para-hydroxylation sites is 1. The smallest absolute Gasteiger partial charge is 0.236 e. The van der Waals surface area contributed by atoms with Crippen molar-refractivity contribution in [1.82, 2.24) is 10.2 Å². The quantitative estimate of drug-likeness (QED) is 0.593. The van der Waals surface area contributed by atoms with Gasteiger partial charge in [-0.3, -0.25) is 0 Å². The highest BCUT2D eigenvalue weighted by Crippen LogP contribution is 2.46. The molecule has 0 bridgehead atoms. The molecule has 0 amide bonds. The van der Waals surface area contributed by atoms with Crippen LogP contribution < -0.4 is 10.5 Å². The molecule has 5 rings (SSSR count). The molecule has 1 unspecified atom stereocenters. The Bertz CT molecular complexity index is 1100. The summed E-state index contributed by atoms with van der Waals surface area (Å²) in [7, 11) is 4.61. The van der Waals surface area contributed by atoms with Crippen LogP contribution in [0.1, 0.15) is 55.0 Å². The van der Waals surface area contributed by atoms with Crippen LogP contribution in [0.2, 0.25) is 0 Å². The maximum Gasteiger partial charge on any atom is 0.236 e. The topological polar surface area (TPSA) is 74.2 Å². The molecular formula is C27H35N4O2+. The van der Waals surface area contributed by atoms with Crippen molar-refractivity contribution >= 4 is 0 Å². The van der Waals surface area contributed by atoms with Crippen LogP contribution in [0, 0.1) is 0 Å². The average Bonchev–Trinajstić information content (AvgIpc) is 3.26. The standard InChI is InChI=1S/C27H35N4O2/c1-26(28,18-20-9-5-4-6-10-20)25-30-29-24(32-25)17-21-19-27(13-15-31(2,3)16-14-27)33-23-12-8-7-11-22(21)23/h4-12,21H,13-19,28H2,1-3H3/q+1/t21?,26-/m1/s1. The van der Waals surface area contributed by atoms with Gasteiger partial charge in [-0.25, -0.2) is 0 Å². The molecule has 3 heterocycles. The van der Waals surface area contributed by atoms with Gasteiger partial charge in [0.05, 0.1) is 32.7 Å². The Morgan fingerprint density at radius 1 is 1.03 bits per heavy atom. The van der Waals surface area contributed by atoms with Gasteiger partial charge in [0.1, 0.15) is 11.4 Å². The Morgan fingerprint density at radius 3 is 2.48 bits per heavy atom. The van der Waals surface area contributed by atoms with Crippen LogP contribution in [-0.2, 0) is 18.4 Å². The fraction of sp³-hybridized carbons (Fsp3) is 0.481. The second kappa shape index (κ2) is 8.26. The summed E-state index contributed by atoms with van der Waals surface area (Å²) in [6.07, 6.45) is 4.46. The van der Waals surface area contributed by atoms with Gasteiger partial charge in [0.2, 0.25) is 11.8 Å². The van der Waals surface area contributed by atoms with Crippen molar-refractivity contribution in [2.75, 3.05) is 27.2 Å². The molecule has 1 aromatic heterocycles. The second-order valence-electron chi connectivity index (χ2n) is 10.9. The molecule has 6 heteroatoms. The zero-order chi connectivity index (χ0) is 23.1. The van der Waals surface area contributed by atoms with Crippen molar-refractivity contribution in [3.05, 3.63) is 77.5 Å². The average molecular weight is 448 g/mol. The van der Waals surface area contributed by atoms with Gasteiger partial charge in [-0.15, -0.1) is 10.2 Å². The predicted octanol–water partition coefficient (Wildman–Crippen LogP) is 4.20. The van der Waals surface area contributed by atoms with E-state index in [9.17, 15) is 0 Å². The summed E-state index contributed by atoms with van der Waals surface area (Å²) in [5.74, 6) is 2.44. The van der Waals surface area contributed by atoms with E-state index in [2.05, 4.69) is 60.7 Å². The van der Waals surface area contributed by atoms with Crippen LogP contribution >= 0.6 is 0 Å². The lowest BCUT2D eigenvalue weighted by Gasteiger charge is -2.48. The number of hydrogen-bond donors (Lipinski definition) is 1. The maximum atomic E-state index is 6.65. The summed E-state index contributed by atoms with van der Waals surface area (Å²) in [6.45, 7) is 4.22. The molecule has 1 fully saturated rings. The van der Waals surface area contributed by atoms with Gasteiger partial charge in [0, 0.05) is 25.2 Å². The SMILES string of the molecule is C[C@@](N)(Cc1ccccc1)c1nnc(CC2CC3(CC[N+](C)(C)CC3)Oc3ccccc32)o1. The normalized spacial score (nSPS) is 22.8. The molecular weight excluding hydrogens is 412 g/mol. The fourth-order valence-electron chi connectivity index (χ4n) is 5.36.